The molecule has 0 aliphatic heterocycles. The smallest absolute Gasteiger partial charge is 0.323 e. The predicted molar refractivity (Wildman–Crippen MR) is 65.7 cm³/mol. The Bertz CT molecular complexity index is 522. The highest BCUT2D eigenvalue weighted by Crippen LogP contribution is 2.26. The number of hydrogen-bond acceptors (Lipinski definition) is 4. The van der Waals surface area contributed by atoms with E-state index in [1.165, 1.54) is 6.07 Å². The number of hydrogen-bond donors (Lipinski definition) is 2. The lowest BCUT2D eigenvalue weighted by Crippen LogP contribution is -2.35. The largest absolute Gasteiger partial charge is 0.401 e. The first-order valence-electron chi connectivity index (χ1n) is 5.20. The van der Waals surface area contributed by atoms with Crippen molar-refractivity contribution in [2.45, 2.75) is 6.18 Å². The average Bonchev–Trinajstić information content (AvgIpc) is 2.30. The van der Waals surface area contributed by atoms with E-state index in [-0.39, 0.29) is 16.4 Å². The number of nitro groups is 1. The van der Waals surface area contributed by atoms with Crippen molar-refractivity contribution in [1.82, 2.24) is 5.32 Å². The number of amides is 1. The molecular formula is C10H9ClF3N3O3. The Balaban J connectivity index is 2.62. The molecule has 20 heavy (non-hydrogen) atoms. The number of carbonyl (C=O) groups is 1. The number of nitrogens with one attached hydrogen (secondary N) is 2. The molecule has 0 saturated heterocycles. The number of benzene rings is 1. The van der Waals surface area contributed by atoms with Gasteiger partial charge in [-0.25, -0.2) is 0 Å². The average molecular weight is 312 g/mol. The fraction of sp³-hybridized carbons (Fsp3) is 0.300. The van der Waals surface area contributed by atoms with Gasteiger partial charge in [0.2, 0.25) is 5.91 Å². The van der Waals surface area contributed by atoms with Gasteiger partial charge in [0.25, 0.3) is 5.69 Å². The predicted octanol–water partition coefficient (Wildman–Crippen LogP) is 2.34. The van der Waals surface area contributed by atoms with Gasteiger partial charge in [-0.2, -0.15) is 13.2 Å². The van der Waals surface area contributed by atoms with Crippen LogP contribution in [-0.2, 0) is 4.79 Å². The van der Waals surface area contributed by atoms with Crippen LogP contribution in [0.1, 0.15) is 0 Å². The molecule has 10 heteroatoms. The number of nitrogens with zero attached hydrogens (tertiary/aromatic N) is 1. The van der Waals surface area contributed by atoms with Crippen molar-refractivity contribution in [2.75, 3.05) is 18.4 Å². The Hall–Kier alpha value is -1.87. The van der Waals surface area contributed by atoms with E-state index in [2.05, 4.69) is 5.32 Å². The topological polar surface area (TPSA) is 84.3 Å². The van der Waals surface area contributed by atoms with Gasteiger partial charge in [0, 0.05) is 12.1 Å². The van der Waals surface area contributed by atoms with E-state index in [1.807, 2.05) is 5.32 Å². The molecule has 1 aromatic carbocycles. The Kier molecular flexibility index (Phi) is 5.28. The molecule has 1 rings (SSSR count). The van der Waals surface area contributed by atoms with E-state index in [1.54, 1.807) is 0 Å². The van der Waals surface area contributed by atoms with E-state index in [0.717, 1.165) is 12.1 Å². The Morgan fingerprint density at radius 1 is 1.40 bits per heavy atom. The summed E-state index contributed by atoms with van der Waals surface area (Å²) in [5, 5.41) is 14.7. The maximum atomic E-state index is 11.8. The van der Waals surface area contributed by atoms with Gasteiger partial charge in [-0.15, -0.1) is 0 Å². The molecule has 0 saturated carbocycles. The molecule has 110 valence electrons. The molecular weight excluding hydrogens is 303 g/mol. The van der Waals surface area contributed by atoms with Crippen molar-refractivity contribution in [3.63, 3.8) is 0 Å². The molecule has 0 bridgehead atoms. The van der Waals surface area contributed by atoms with Crippen LogP contribution in [0.3, 0.4) is 0 Å². The second-order valence-corrected chi connectivity index (χ2v) is 4.10. The fourth-order valence-electron chi connectivity index (χ4n) is 1.23. The van der Waals surface area contributed by atoms with Gasteiger partial charge in [-0.1, -0.05) is 11.6 Å². The van der Waals surface area contributed by atoms with Crippen molar-refractivity contribution >= 4 is 28.9 Å². The number of nitro benzene ring substituents is 1. The second kappa shape index (κ2) is 6.53. The van der Waals surface area contributed by atoms with Crippen LogP contribution in [0.5, 0.6) is 0 Å². The van der Waals surface area contributed by atoms with E-state index >= 15 is 0 Å². The van der Waals surface area contributed by atoms with Gasteiger partial charge >= 0.3 is 6.18 Å². The summed E-state index contributed by atoms with van der Waals surface area (Å²) in [6.45, 7) is -1.92. The van der Waals surface area contributed by atoms with Gasteiger partial charge in [0.05, 0.1) is 28.7 Å². The summed E-state index contributed by atoms with van der Waals surface area (Å²) in [6.07, 6.45) is -4.43. The molecule has 1 aromatic rings. The minimum Gasteiger partial charge on any atom is -0.323 e. The van der Waals surface area contributed by atoms with E-state index in [4.69, 9.17) is 11.6 Å². The lowest BCUT2D eigenvalue weighted by Gasteiger charge is -2.09. The number of halogens is 4. The Labute approximate surface area is 116 Å². The quantitative estimate of drug-likeness (QED) is 0.645. The monoisotopic (exact) mass is 311 g/mol. The van der Waals surface area contributed by atoms with Crippen molar-refractivity contribution < 1.29 is 22.9 Å². The second-order valence-electron chi connectivity index (χ2n) is 3.69. The molecule has 0 aliphatic rings. The third-order valence-electron chi connectivity index (χ3n) is 2.05. The molecule has 0 spiro atoms. The first kappa shape index (κ1) is 16.2. The minimum absolute atomic E-state index is 0.0415. The van der Waals surface area contributed by atoms with E-state index < -0.39 is 30.1 Å². The van der Waals surface area contributed by atoms with Crippen LogP contribution in [0.25, 0.3) is 0 Å². The van der Waals surface area contributed by atoms with Crippen LogP contribution in [0.15, 0.2) is 18.2 Å². The lowest BCUT2D eigenvalue weighted by molar-refractivity contribution is -0.384. The Morgan fingerprint density at radius 2 is 2.05 bits per heavy atom. The molecule has 0 heterocycles. The molecule has 6 nitrogen and oxygen atoms in total. The van der Waals surface area contributed by atoms with Crippen LogP contribution < -0.4 is 10.6 Å². The molecule has 1 amide bonds. The van der Waals surface area contributed by atoms with Crippen molar-refractivity contribution in [3.8, 4) is 0 Å². The summed E-state index contributed by atoms with van der Waals surface area (Å²) in [4.78, 5) is 21.2. The number of rotatable bonds is 5. The summed E-state index contributed by atoms with van der Waals surface area (Å²) in [5.41, 5.74) is -0.340. The number of anilines is 1. The molecule has 2 N–H and O–H groups in total. The van der Waals surface area contributed by atoms with Gasteiger partial charge in [-0.3, -0.25) is 14.9 Å². The molecule has 0 aromatic heterocycles. The summed E-state index contributed by atoms with van der Waals surface area (Å²) in [6, 6.07) is 3.36. The van der Waals surface area contributed by atoms with Crippen molar-refractivity contribution in [3.05, 3.63) is 33.3 Å². The number of alkyl halides is 3. The molecule has 0 unspecified atom stereocenters. The fourth-order valence-corrected chi connectivity index (χ4v) is 1.40. The normalized spacial score (nSPS) is 11.2. The summed E-state index contributed by atoms with van der Waals surface area (Å²) in [7, 11) is 0. The van der Waals surface area contributed by atoms with Gasteiger partial charge in [0.15, 0.2) is 0 Å². The highest BCUT2D eigenvalue weighted by Gasteiger charge is 2.26. The first-order valence-corrected chi connectivity index (χ1v) is 5.58. The highest BCUT2D eigenvalue weighted by molar-refractivity contribution is 6.33. The zero-order valence-electron chi connectivity index (χ0n) is 9.83. The van der Waals surface area contributed by atoms with Crippen LogP contribution >= 0.6 is 11.6 Å². The summed E-state index contributed by atoms with van der Waals surface area (Å²) >= 11 is 5.71. The summed E-state index contributed by atoms with van der Waals surface area (Å²) < 4.78 is 35.5. The standard InChI is InChI=1S/C10H9ClF3N3O3/c11-7-2-1-6(17(19)20)3-8(7)16-9(18)4-15-5-10(12,13)14/h1-3,15H,4-5H2,(H,16,18). The molecule has 0 radical (unpaired) electrons. The molecule has 0 aliphatic carbocycles. The van der Waals surface area contributed by atoms with Crippen molar-refractivity contribution in [1.29, 1.82) is 0 Å². The molecule has 0 fully saturated rings. The zero-order valence-corrected chi connectivity index (χ0v) is 10.6. The third kappa shape index (κ3) is 5.41. The van der Waals surface area contributed by atoms with Gasteiger partial charge < -0.3 is 10.6 Å². The SMILES string of the molecule is O=C(CNCC(F)(F)F)Nc1cc([N+](=O)[O-])ccc1Cl. The van der Waals surface area contributed by atoms with E-state index in [9.17, 15) is 28.1 Å². The van der Waals surface area contributed by atoms with Crippen LogP contribution in [0.4, 0.5) is 24.5 Å². The maximum absolute atomic E-state index is 11.8. The van der Waals surface area contributed by atoms with Gasteiger partial charge in [0.1, 0.15) is 0 Å². The van der Waals surface area contributed by atoms with Crippen LogP contribution in [-0.4, -0.2) is 30.1 Å². The zero-order chi connectivity index (χ0) is 15.3. The number of carbonyl (C=O) groups excluding carboxylic acids is 1. The maximum Gasteiger partial charge on any atom is 0.401 e. The molecule has 0 atom stereocenters. The third-order valence-corrected chi connectivity index (χ3v) is 2.38. The van der Waals surface area contributed by atoms with Crippen LogP contribution in [0, 0.1) is 10.1 Å². The van der Waals surface area contributed by atoms with Gasteiger partial charge in [-0.05, 0) is 6.07 Å². The highest BCUT2D eigenvalue weighted by atomic mass is 35.5. The lowest BCUT2D eigenvalue weighted by atomic mass is 10.3. The Morgan fingerprint density at radius 3 is 2.60 bits per heavy atom. The van der Waals surface area contributed by atoms with Crippen molar-refractivity contribution in [2.24, 2.45) is 0 Å². The van der Waals surface area contributed by atoms with Crippen LogP contribution in [0.2, 0.25) is 5.02 Å². The number of non-ortho nitro benzene ring substituents is 1. The summed E-state index contributed by atoms with van der Waals surface area (Å²) in [5.74, 6) is -0.795. The first-order chi connectivity index (χ1) is 9.19. The minimum atomic E-state index is -4.43. The van der Waals surface area contributed by atoms with E-state index in [0.29, 0.717) is 0 Å².